The zero-order valence-corrected chi connectivity index (χ0v) is 23.9. The summed E-state index contributed by atoms with van der Waals surface area (Å²) >= 11 is 10.1. The number of nitrogens with two attached hydrogens (primary N) is 1. The van der Waals surface area contributed by atoms with Crippen molar-refractivity contribution in [1.29, 1.82) is 0 Å². The van der Waals surface area contributed by atoms with Gasteiger partial charge in [0, 0.05) is 46.3 Å². The number of carbonyl (C=O) groups excluding carboxylic acids is 3. The van der Waals surface area contributed by atoms with Gasteiger partial charge in [-0.15, -0.1) is 0 Å². The van der Waals surface area contributed by atoms with E-state index in [1.165, 1.54) is 0 Å². The molecule has 2 saturated heterocycles. The number of rotatable bonds is 9. The van der Waals surface area contributed by atoms with E-state index in [-0.39, 0.29) is 57.9 Å². The number of carbonyl (C=O) groups is 3. The number of halogens is 2. The number of piperidine rings is 1. The van der Waals surface area contributed by atoms with Crippen LogP contribution in [0.2, 0.25) is 5.02 Å². The minimum absolute atomic E-state index is 0.0169. The second kappa shape index (κ2) is 10.8. The van der Waals surface area contributed by atoms with E-state index in [1.807, 2.05) is 26.0 Å². The molecular weight excluding hydrogens is 570 g/mol. The van der Waals surface area contributed by atoms with E-state index in [4.69, 9.17) is 17.3 Å². The van der Waals surface area contributed by atoms with Gasteiger partial charge >= 0.3 is 0 Å². The lowest BCUT2D eigenvalue weighted by Gasteiger charge is -2.40. The van der Waals surface area contributed by atoms with Crippen molar-refractivity contribution < 1.29 is 14.4 Å². The van der Waals surface area contributed by atoms with Crippen molar-refractivity contribution >= 4 is 56.6 Å². The average molecular weight is 603 g/mol. The number of fused-ring (bicyclic) bond motifs is 2. The van der Waals surface area contributed by atoms with Crippen LogP contribution in [-0.2, 0) is 0 Å². The zero-order chi connectivity index (χ0) is 27.1. The van der Waals surface area contributed by atoms with Crippen molar-refractivity contribution in [2.24, 2.45) is 11.7 Å². The number of amides is 2. The van der Waals surface area contributed by atoms with Crippen LogP contribution in [0.15, 0.2) is 28.9 Å². The number of nitrogens with zero attached hydrogens (tertiary/aromatic N) is 2. The number of benzene rings is 1. The minimum atomic E-state index is -0.618. The second-order valence-corrected chi connectivity index (χ2v) is 12.0. The lowest BCUT2D eigenvalue weighted by Crippen LogP contribution is -2.50. The Labute approximate surface area is 236 Å². The molecule has 2 bridgehead atoms. The SMILES string of the molecule is CC[C@@H](C)Nc1c(C(N)=O)cc(Br)c(C(=O)NC2C[C@H]3CC[C@@H](C2)N3c2ccc(C(=O)C3CC3)cn2)c1Cl. The van der Waals surface area contributed by atoms with Crippen molar-refractivity contribution in [1.82, 2.24) is 10.3 Å². The molecule has 2 aliphatic heterocycles. The third-order valence-corrected chi connectivity index (χ3v) is 9.03. The summed E-state index contributed by atoms with van der Waals surface area (Å²) in [6.45, 7) is 3.99. The summed E-state index contributed by atoms with van der Waals surface area (Å²) in [5.41, 5.74) is 7.20. The van der Waals surface area contributed by atoms with Gasteiger partial charge in [0.2, 0.25) is 0 Å². The summed E-state index contributed by atoms with van der Waals surface area (Å²) in [7, 11) is 0. The maximum atomic E-state index is 13.5. The highest BCUT2D eigenvalue weighted by Gasteiger charge is 2.42. The van der Waals surface area contributed by atoms with Crippen molar-refractivity contribution in [3.63, 3.8) is 0 Å². The number of hydrogen-bond donors (Lipinski definition) is 3. The standard InChI is InChI=1S/C28H33BrClN5O3/c1-3-14(2)33-25-20(27(31)37)12-21(29)23(24(25)30)28(38)34-17-10-18-7-8-19(11-17)35(18)22-9-6-16(13-32-22)26(36)15-4-5-15/h6,9,12-15,17-19,33H,3-5,7-8,10-11H2,1-2H3,(H2,31,37)(H,34,38)/t14-,17?,18-,19+/m1/s1. The molecule has 1 aromatic heterocycles. The minimum Gasteiger partial charge on any atom is -0.381 e. The van der Waals surface area contributed by atoms with Gasteiger partial charge in [0.05, 0.1) is 21.8 Å². The lowest BCUT2D eigenvalue weighted by atomic mass is 9.96. The molecule has 2 aromatic rings. The highest BCUT2D eigenvalue weighted by atomic mass is 79.9. The molecule has 4 N–H and O–H groups in total. The van der Waals surface area contributed by atoms with Crippen LogP contribution in [0.5, 0.6) is 0 Å². The molecule has 202 valence electrons. The van der Waals surface area contributed by atoms with Gasteiger partial charge in [-0.1, -0.05) is 18.5 Å². The maximum absolute atomic E-state index is 13.5. The Bertz CT molecular complexity index is 1250. The predicted octanol–water partition coefficient (Wildman–Crippen LogP) is 5.33. The Morgan fingerprint density at radius 3 is 2.42 bits per heavy atom. The molecule has 3 heterocycles. The van der Waals surface area contributed by atoms with E-state index < -0.39 is 5.91 Å². The van der Waals surface area contributed by atoms with Crippen LogP contribution in [0.1, 0.15) is 89.9 Å². The molecule has 8 nitrogen and oxygen atoms in total. The molecule has 0 spiro atoms. The van der Waals surface area contributed by atoms with Gasteiger partial charge in [-0.2, -0.15) is 0 Å². The van der Waals surface area contributed by atoms with E-state index >= 15 is 0 Å². The van der Waals surface area contributed by atoms with Gasteiger partial charge in [-0.25, -0.2) is 4.98 Å². The molecule has 10 heteroatoms. The molecule has 4 atom stereocenters. The van der Waals surface area contributed by atoms with Crippen molar-refractivity contribution in [2.45, 2.75) is 83.0 Å². The molecule has 5 rings (SSSR count). The van der Waals surface area contributed by atoms with E-state index in [2.05, 4.69) is 36.4 Å². The summed E-state index contributed by atoms with van der Waals surface area (Å²) in [5.74, 6) is 0.366. The van der Waals surface area contributed by atoms with Crippen LogP contribution in [-0.4, -0.2) is 46.7 Å². The first-order chi connectivity index (χ1) is 18.2. The molecule has 2 amide bonds. The topological polar surface area (TPSA) is 117 Å². The predicted molar refractivity (Wildman–Crippen MR) is 152 cm³/mol. The Morgan fingerprint density at radius 2 is 1.87 bits per heavy atom. The molecule has 1 unspecified atom stereocenters. The summed E-state index contributed by atoms with van der Waals surface area (Å²) in [5, 5.41) is 6.60. The Hall–Kier alpha value is -2.65. The largest absolute Gasteiger partial charge is 0.381 e. The smallest absolute Gasteiger partial charge is 0.254 e. The first-order valence-electron chi connectivity index (χ1n) is 13.4. The third kappa shape index (κ3) is 5.27. The number of aromatic nitrogens is 1. The van der Waals surface area contributed by atoms with E-state index in [0.717, 1.165) is 50.8 Å². The first kappa shape index (κ1) is 26.9. The molecule has 3 fully saturated rings. The van der Waals surface area contributed by atoms with Crippen molar-refractivity contribution in [2.75, 3.05) is 10.2 Å². The van der Waals surface area contributed by atoms with Crippen molar-refractivity contribution in [3.05, 3.63) is 50.6 Å². The maximum Gasteiger partial charge on any atom is 0.254 e. The lowest BCUT2D eigenvalue weighted by molar-refractivity contribution is 0.0923. The summed E-state index contributed by atoms with van der Waals surface area (Å²) in [4.78, 5) is 44.9. The fraction of sp³-hybridized carbons (Fsp3) is 0.500. The van der Waals surface area contributed by atoms with E-state index in [9.17, 15) is 14.4 Å². The van der Waals surface area contributed by atoms with E-state index in [0.29, 0.717) is 15.7 Å². The molecule has 1 saturated carbocycles. The van der Waals surface area contributed by atoms with Gasteiger partial charge in [0.1, 0.15) is 5.82 Å². The van der Waals surface area contributed by atoms with Crippen LogP contribution in [0.25, 0.3) is 0 Å². The number of anilines is 2. The summed E-state index contributed by atoms with van der Waals surface area (Å²) < 4.78 is 0.425. The quantitative estimate of drug-likeness (QED) is 0.334. The average Bonchev–Trinajstić information content (AvgIpc) is 3.70. The number of Topliss-reactive ketones (excluding diaryl/α,β-unsaturated/α-hetero) is 1. The summed E-state index contributed by atoms with van der Waals surface area (Å²) in [6, 6.07) is 5.96. The van der Waals surface area contributed by atoms with Crippen LogP contribution >= 0.6 is 27.5 Å². The molecule has 1 aromatic carbocycles. The number of hydrogen-bond acceptors (Lipinski definition) is 6. The molecule has 3 aliphatic rings. The Kier molecular flexibility index (Phi) is 7.69. The Morgan fingerprint density at radius 1 is 1.18 bits per heavy atom. The molecule has 0 radical (unpaired) electrons. The fourth-order valence-corrected chi connectivity index (χ4v) is 6.77. The van der Waals surface area contributed by atoms with Crippen molar-refractivity contribution in [3.8, 4) is 0 Å². The van der Waals surface area contributed by atoms with Gasteiger partial charge in [-0.3, -0.25) is 14.4 Å². The normalized spacial score (nSPS) is 23.2. The highest BCUT2D eigenvalue weighted by molar-refractivity contribution is 9.10. The van der Waals surface area contributed by atoms with Crippen LogP contribution < -0.4 is 21.3 Å². The van der Waals surface area contributed by atoms with Crippen LogP contribution in [0.4, 0.5) is 11.5 Å². The number of primary amides is 1. The van der Waals surface area contributed by atoms with Crippen LogP contribution in [0, 0.1) is 5.92 Å². The highest BCUT2D eigenvalue weighted by Crippen LogP contribution is 2.40. The molecule has 38 heavy (non-hydrogen) atoms. The monoisotopic (exact) mass is 601 g/mol. The number of nitrogens with one attached hydrogen (secondary N) is 2. The number of pyridine rings is 1. The van der Waals surface area contributed by atoms with Crippen LogP contribution in [0.3, 0.4) is 0 Å². The Balaban J connectivity index is 1.30. The zero-order valence-electron chi connectivity index (χ0n) is 21.6. The van der Waals surface area contributed by atoms with Gasteiger partial charge in [0.15, 0.2) is 5.78 Å². The van der Waals surface area contributed by atoms with Gasteiger partial charge in [0.25, 0.3) is 11.8 Å². The third-order valence-electron chi connectivity index (χ3n) is 8.03. The fourth-order valence-electron chi connectivity index (χ4n) is 5.70. The molecule has 1 aliphatic carbocycles. The van der Waals surface area contributed by atoms with Gasteiger partial charge in [-0.05, 0) is 86.0 Å². The van der Waals surface area contributed by atoms with Gasteiger partial charge < -0.3 is 21.3 Å². The second-order valence-electron chi connectivity index (χ2n) is 10.8. The van der Waals surface area contributed by atoms with E-state index in [1.54, 1.807) is 12.3 Å². The first-order valence-corrected chi connectivity index (χ1v) is 14.5. The molecular formula is C28H33BrClN5O3. The number of ketones is 1. The summed E-state index contributed by atoms with van der Waals surface area (Å²) in [6.07, 6.45) is 8.13.